The molecule has 2 fully saturated rings. The van der Waals surface area contributed by atoms with E-state index in [1.807, 2.05) is 30.0 Å². The summed E-state index contributed by atoms with van der Waals surface area (Å²) in [6.07, 6.45) is 1.82. The van der Waals surface area contributed by atoms with Gasteiger partial charge in [0, 0.05) is 30.8 Å². The van der Waals surface area contributed by atoms with Crippen LogP contribution in [0.3, 0.4) is 0 Å². The molecular formula is C23H29F2N9O. The number of aromatic nitrogens is 6. The van der Waals surface area contributed by atoms with Crippen molar-refractivity contribution >= 4 is 28.4 Å². The predicted octanol–water partition coefficient (Wildman–Crippen LogP) is 2.92. The number of ether oxygens (including phenoxy) is 1. The minimum absolute atomic E-state index is 0.0174. The number of imidazole rings is 1. The number of halogens is 2. The molecule has 0 aromatic carbocycles. The van der Waals surface area contributed by atoms with Crippen LogP contribution in [0, 0.1) is 6.92 Å². The van der Waals surface area contributed by atoms with Crippen LogP contribution in [0.4, 0.5) is 20.5 Å². The summed E-state index contributed by atoms with van der Waals surface area (Å²) in [4.78, 5) is 15.3. The Balaban J connectivity index is 0.000000192. The lowest BCUT2D eigenvalue weighted by Gasteiger charge is -2.34. The fourth-order valence-electron chi connectivity index (χ4n) is 4.64. The minimum atomic E-state index is -2.45. The first kappa shape index (κ1) is 23.4. The van der Waals surface area contributed by atoms with Crippen molar-refractivity contribution in [3.05, 3.63) is 30.2 Å². The average Bonchev–Trinajstić information content (AvgIpc) is 3.40. The van der Waals surface area contributed by atoms with E-state index in [1.54, 1.807) is 10.7 Å². The Morgan fingerprint density at radius 2 is 1.89 bits per heavy atom. The Bertz CT molecular complexity index is 1380. The topological polar surface area (TPSA) is 125 Å². The number of aryl methyl sites for hydroxylation is 1. The molecule has 12 heteroatoms. The van der Waals surface area contributed by atoms with Crippen LogP contribution >= 0.6 is 0 Å². The number of nitrogen functional groups attached to an aromatic ring is 2. The van der Waals surface area contributed by atoms with Crippen molar-refractivity contribution in [2.24, 2.45) is 0 Å². The fourth-order valence-corrected chi connectivity index (χ4v) is 4.64. The lowest BCUT2D eigenvalue weighted by Crippen LogP contribution is -2.48. The summed E-state index contributed by atoms with van der Waals surface area (Å²) in [5.41, 5.74) is 15.8. The molecule has 4 aromatic heterocycles. The maximum atomic E-state index is 12.6. The van der Waals surface area contributed by atoms with Crippen molar-refractivity contribution in [2.45, 2.75) is 45.2 Å². The zero-order valence-electron chi connectivity index (χ0n) is 19.9. The highest BCUT2D eigenvalue weighted by Crippen LogP contribution is 2.30. The molecule has 0 saturated carbocycles. The third-order valence-electron chi connectivity index (χ3n) is 6.40. The number of fused-ring (bicyclic) bond motifs is 2. The summed E-state index contributed by atoms with van der Waals surface area (Å²) in [5.74, 6) is -1.03. The quantitative estimate of drug-likeness (QED) is 0.454. The molecule has 0 unspecified atom stereocenters. The van der Waals surface area contributed by atoms with Crippen molar-refractivity contribution in [3.8, 4) is 11.3 Å². The van der Waals surface area contributed by atoms with Crippen molar-refractivity contribution in [3.63, 3.8) is 0 Å². The van der Waals surface area contributed by atoms with E-state index >= 15 is 0 Å². The Morgan fingerprint density at radius 3 is 2.51 bits per heavy atom. The summed E-state index contributed by atoms with van der Waals surface area (Å²) in [5, 5.41) is 4.15. The molecule has 2 aliphatic rings. The highest BCUT2D eigenvalue weighted by atomic mass is 19.3. The Kier molecular flexibility index (Phi) is 5.80. The molecule has 6 rings (SSSR count). The van der Waals surface area contributed by atoms with E-state index in [0.717, 1.165) is 28.2 Å². The van der Waals surface area contributed by atoms with Gasteiger partial charge in [0.25, 0.3) is 5.92 Å². The van der Waals surface area contributed by atoms with Crippen LogP contribution in [0.1, 0.15) is 32.1 Å². The number of nitrogens with two attached hydrogens (primary N) is 2. The van der Waals surface area contributed by atoms with E-state index in [0.29, 0.717) is 31.1 Å². The van der Waals surface area contributed by atoms with Gasteiger partial charge in [-0.2, -0.15) is 4.98 Å². The van der Waals surface area contributed by atoms with Crippen LogP contribution in [-0.4, -0.2) is 72.3 Å². The number of nitrogens with zero attached hydrogens (tertiary/aromatic N) is 7. The molecule has 4 N–H and O–H groups in total. The average molecular weight is 486 g/mol. The molecule has 186 valence electrons. The number of pyridine rings is 1. The number of anilines is 2. The fraction of sp³-hybridized carbons (Fsp3) is 0.478. The van der Waals surface area contributed by atoms with E-state index in [4.69, 9.17) is 21.2 Å². The van der Waals surface area contributed by atoms with Gasteiger partial charge >= 0.3 is 0 Å². The van der Waals surface area contributed by atoms with Gasteiger partial charge in [-0.25, -0.2) is 23.3 Å². The summed E-state index contributed by atoms with van der Waals surface area (Å²) in [6.45, 7) is 7.95. The van der Waals surface area contributed by atoms with Crippen LogP contribution in [0.25, 0.3) is 27.9 Å². The van der Waals surface area contributed by atoms with Crippen LogP contribution < -0.4 is 11.5 Å². The van der Waals surface area contributed by atoms with Crippen molar-refractivity contribution < 1.29 is 13.5 Å². The molecule has 0 aliphatic carbocycles. The van der Waals surface area contributed by atoms with Crippen LogP contribution in [0.2, 0.25) is 0 Å². The lowest BCUT2D eigenvalue weighted by molar-refractivity contribution is -0.0707. The highest BCUT2D eigenvalue weighted by Gasteiger charge is 2.42. The number of likely N-dealkylation sites (tertiary alicyclic amines) is 1. The molecule has 0 amide bonds. The van der Waals surface area contributed by atoms with Gasteiger partial charge in [0.15, 0.2) is 11.5 Å². The maximum absolute atomic E-state index is 12.6. The van der Waals surface area contributed by atoms with Gasteiger partial charge in [0.05, 0.1) is 31.5 Å². The number of hydrogen-bond acceptors (Lipinski definition) is 8. The van der Waals surface area contributed by atoms with E-state index in [-0.39, 0.29) is 31.0 Å². The summed E-state index contributed by atoms with van der Waals surface area (Å²) >= 11 is 0. The van der Waals surface area contributed by atoms with E-state index in [1.165, 1.54) is 0 Å². The molecule has 0 atom stereocenters. The Hall–Kier alpha value is -3.38. The van der Waals surface area contributed by atoms with Gasteiger partial charge in [0.2, 0.25) is 5.95 Å². The van der Waals surface area contributed by atoms with Gasteiger partial charge < -0.3 is 20.8 Å². The maximum Gasteiger partial charge on any atom is 0.261 e. The lowest BCUT2D eigenvalue weighted by atomic mass is 10.2. The zero-order valence-corrected chi connectivity index (χ0v) is 19.9. The summed E-state index contributed by atoms with van der Waals surface area (Å²) < 4.78 is 33.9. The van der Waals surface area contributed by atoms with E-state index < -0.39 is 5.92 Å². The van der Waals surface area contributed by atoms with Gasteiger partial charge in [-0.05, 0) is 39.0 Å². The molecular weight excluding hydrogens is 456 g/mol. The van der Waals surface area contributed by atoms with Crippen LogP contribution in [0.5, 0.6) is 0 Å². The summed E-state index contributed by atoms with van der Waals surface area (Å²) in [7, 11) is 0. The Morgan fingerprint density at radius 1 is 1.11 bits per heavy atom. The van der Waals surface area contributed by atoms with Gasteiger partial charge in [-0.1, -0.05) is 0 Å². The standard InChI is InChI=1S/C16H18N8.C7H11F2NO/c1-8(2)24-9(3)19-12-5-4-11(20-15(12)24)10-6-7-23-13(10)14(17)21-16(18)22-23;8-7(9)1-2-10(5-7)6-3-11-4-6/h4-8H,1-3H3,(H4,17,18,21,22);6H,1-5H2. The van der Waals surface area contributed by atoms with Crippen molar-refractivity contribution in [1.29, 1.82) is 0 Å². The molecule has 10 nitrogen and oxygen atoms in total. The molecule has 6 heterocycles. The van der Waals surface area contributed by atoms with Gasteiger partial charge in [-0.3, -0.25) is 4.90 Å². The van der Waals surface area contributed by atoms with E-state index in [2.05, 4.69) is 33.5 Å². The number of rotatable bonds is 3. The zero-order chi connectivity index (χ0) is 24.9. The molecule has 0 bridgehead atoms. The molecule has 2 aliphatic heterocycles. The smallest absolute Gasteiger partial charge is 0.261 e. The van der Waals surface area contributed by atoms with Gasteiger partial charge in [-0.15, -0.1) is 5.10 Å². The first-order valence-electron chi connectivity index (χ1n) is 11.6. The number of hydrogen-bond donors (Lipinski definition) is 2. The second-order valence-electron chi connectivity index (χ2n) is 9.31. The van der Waals surface area contributed by atoms with Gasteiger partial charge in [0.1, 0.15) is 16.9 Å². The largest absolute Gasteiger partial charge is 0.382 e. The highest BCUT2D eigenvalue weighted by molar-refractivity contribution is 5.88. The van der Waals surface area contributed by atoms with Crippen molar-refractivity contribution in [2.75, 3.05) is 37.8 Å². The third kappa shape index (κ3) is 4.39. The molecule has 4 aromatic rings. The second-order valence-corrected chi connectivity index (χ2v) is 9.31. The van der Waals surface area contributed by atoms with Crippen LogP contribution in [0.15, 0.2) is 24.4 Å². The normalized spacial score (nSPS) is 18.2. The SMILES string of the molecule is Cc1nc2ccc(-c3ccn4nc(N)nc(N)c34)nc2n1C(C)C.FC1(F)CCN(C2COC2)C1. The molecule has 35 heavy (non-hydrogen) atoms. The van der Waals surface area contributed by atoms with Crippen molar-refractivity contribution in [1.82, 2.24) is 34.0 Å². The van der Waals surface area contributed by atoms with Crippen LogP contribution in [-0.2, 0) is 4.74 Å². The first-order chi connectivity index (χ1) is 16.6. The Labute approximate surface area is 200 Å². The predicted molar refractivity (Wildman–Crippen MR) is 129 cm³/mol. The second kappa shape index (κ2) is 8.68. The molecule has 0 spiro atoms. The number of alkyl halides is 2. The van der Waals surface area contributed by atoms with E-state index in [9.17, 15) is 8.78 Å². The molecule has 2 saturated heterocycles. The molecule has 0 radical (unpaired) electrons. The first-order valence-corrected chi connectivity index (χ1v) is 11.6. The monoisotopic (exact) mass is 485 g/mol. The third-order valence-corrected chi connectivity index (χ3v) is 6.40. The minimum Gasteiger partial charge on any atom is -0.382 e. The summed E-state index contributed by atoms with van der Waals surface area (Å²) in [6, 6.07) is 6.36.